The van der Waals surface area contributed by atoms with Gasteiger partial charge in [0.05, 0.1) is 5.92 Å². The van der Waals surface area contributed by atoms with Gasteiger partial charge in [-0.3, -0.25) is 5.73 Å². The van der Waals surface area contributed by atoms with Gasteiger partial charge in [0, 0.05) is 19.8 Å². The van der Waals surface area contributed by atoms with Crippen LogP contribution in [0.4, 0.5) is 0 Å². The van der Waals surface area contributed by atoms with Crippen molar-refractivity contribution in [3.05, 3.63) is 16.6 Å². The fraction of sp³-hybridized carbons (Fsp3) is 0.700. The number of hydroxylamine groups is 1. The average Bonchev–Trinajstić information content (AvgIpc) is 2.80. The first-order valence-electron chi connectivity index (χ1n) is 5.57. The summed E-state index contributed by atoms with van der Waals surface area (Å²) < 4.78 is 5.38. The second-order valence-electron chi connectivity index (χ2n) is 5.01. The molecule has 2 aliphatic rings. The van der Waals surface area contributed by atoms with Gasteiger partial charge in [-0.1, -0.05) is 17.2 Å². The molecule has 0 unspecified atom stereocenters. The third kappa shape index (κ3) is 1.01. The van der Waals surface area contributed by atoms with Crippen LogP contribution < -0.4 is 5.73 Å². The Hall–Kier alpha value is -1.47. The molecule has 92 valence electrons. The first-order valence-corrected chi connectivity index (χ1v) is 5.57. The van der Waals surface area contributed by atoms with Crippen LogP contribution in [0.1, 0.15) is 31.7 Å². The number of hydrogen-bond donors (Lipinski definition) is 2. The predicted octanol–water partition coefficient (Wildman–Crippen LogP) is -0.521. The van der Waals surface area contributed by atoms with Gasteiger partial charge in [0.15, 0.2) is 5.69 Å². The standard InChI is InChI=1S/C10H14N4O3/c1-5-9(2,11)14(16)7-4-3-6-8(10(5,7)15)13-17-12-6/h5,15H,3-4,11H2,1-2H3/t5-,9+,10+/m1/s1. The van der Waals surface area contributed by atoms with Crippen LogP contribution >= 0.6 is 0 Å². The second kappa shape index (κ2) is 2.85. The van der Waals surface area contributed by atoms with Crippen LogP contribution in [0.2, 0.25) is 0 Å². The Balaban J connectivity index is 2.27. The van der Waals surface area contributed by atoms with Crippen LogP contribution in [0.15, 0.2) is 4.63 Å². The SMILES string of the molecule is C[C@H]1[C@]2(O)C(=[N+]([O-])[C@]1(C)N)CCc1nonc12. The minimum atomic E-state index is -1.45. The fourth-order valence-electron chi connectivity index (χ4n) is 2.83. The van der Waals surface area contributed by atoms with E-state index >= 15 is 0 Å². The Morgan fingerprint density at radius 2 is 2.24 bits per heavy atom. The van der Waals surface area contributed by atoms with Gasteiger partial charge >= 0.3 is 0 Å². The van der Waals surface area contributed by atoms with Crippen molar-refractivity contribution in [3.8, 4) is 0 Å². The van der Waals surface area contributed by atoms with Gasteiger partial charge < -0.3 is 10.3 Å². The number of nitrogens with zero attached hydrogens (tertiary/aromatic N) is 3. The Morgan fingerprint density at radius 3 is 2.94 bits per heavy atom. The first kappa shape index (κ1) is 10.7. The summed E-state index contributed by atoms with van der Waals surface area (Å²) >= 11 is 0. The molecule has 0 aromatic carbocycles. The van der Waals surface area contributed by atoms with Crippen LogP contribution in [0, 0.1) is 11.1 Å². The van der Waals surface area contributed by atoms with Gasteiger partial charge in [0.1, 0.15) is 5.69 Å². The van der Waals surface area contributed by atoms with Gasteiger partial charge in [-0.15, -0.1) is 0 Å². The molecule has 2 heterocycles. The van der Waals surface area contributed by atoms with Gasteiger partial charge in [-0.2, -0.15) is 4.74 Å². The van der Waals surface area contributed by atoms with Crippen molar-refractivity contribution in [2.75, 3.05) is 0 Å². The number of aliphatic hydroxyl groups is 1. The topological polar surface area (TPSA) is 111 Å². The minimum absolute atomic E-state index is 0.335. The summed E-state index contributed by atoms with van der Waals surface area (Å²) in [5, 5.41) is 30.4. The molecule has 0 saturated heterocycles. The molecule has 1 aliphatic heterocycles. The summed E-state index contributed by atoms with van der Waals surface area (Å²) in [5.41, 5.74) is 4.70. The summed E-state index contributed by atoms with van der Waals surface area (Å²) in [4.78, 5) is 0. The maximum atomic E-state index is 12.1. The summed E-state index contributed by atoms with van der Waals surface area (Å²) in [6.07, 6.45) is 0.969. The van der Waals surface area contributed by atoms with Crippen molar-refractivity contribution >= 4 is 5.71 Å². The van der Waals surface area contributed by atoms with Crippen molar-refractivity contribution in [1.82, 2.24) is 10.3 Å². The number of aryl methyl sites for hydroxylation is 1. The lowest BCUT2D eigenvalue weighted by Crippen LogP contribution is -2.51. The molecule has 0 amide bonds. The lowest BCUT2D eigenvalue weighted by molar-refractivity contribution is -0.543. The lowest BCUT2D eigenvalue weighted by Gasteiger charge is -2.29. The third-order valence-electron chi connectivity index (χ3n) is 4.14. The molecule has 3 atom stereocenters. The van der Waals surface area contributed by atoms with Gasteiger partial charge in [0.25, 0.3) is 0 Å². The van der Waals surface area contributed by atoms with E-state index in [2.05, 4.69) is 14.9 Å². The molecule has 3 N–H and O–H groups in total. The molecule has 17 heavy (non-hydrogen) atoms. The normalized spacial score (nSPS) is 40.4. The van der Waals surface area contributed by atoms with Crippen molar-refractivity contribution in [2.24, 2.45) is 11.7 Å². The first-order chi connectivity index (χ1) is 7.90. The second-order valence-corrected chi connectivity index (χ2v) is 5.01. The molecule has 7 nitrogen and oxygen atoms in total. The van der Waals surface area contributed by atoms with Gasteiger partial charge in [-0.25, -0.2) is 4.63 Å². The molecule has 0 fully saturated rings. The number of nitrogens with two attached hydrogens (primary N) is 1. The zero-order chi connectivity index (χ0) is 12.4. The monoisotopic (exact) mass is 238 g/mol. The molecule has 0 spiro atoms. The van der Waals surface area contributed by atoms with E-state index in [0.29, 0.717) is 29.9 Å². The molecular formula is C10H14N4O3. The maximum absolute atomic E-state index is 12.1. The molecule has 1 aromatic heterocycles. The number of rotatable bonds is 0. The van der Waals surface area contributed by atoms with Crippen molar-refractivity contribution in [3.63, 3.8) is 0 Å². The van der Waals surface area contributed by atoms with Gasteiger partial charge in [0.2, 0.25) is 17.0 Å². The smallest absolute Gasteiger partial charge is 0.227 e. The zero-order valence-corrected chi connectivity index (χ0v) is 9.67. The van der Waals surface area contributed by atoms with Crippen LogP contribution in [-0.2, 0) is 12.0 Å². The lowest BCUT2D eigenvalue weighted by atomic mass is 9.74. The summed E-state index contributed by atoms with van der Waals surface area (Å²) in [6.45, 7) is 3.35. The Morgan fingerprint density at radius 1 is 1.53 bits per heavy atom. The third-order valence-corrected chi connectivity index (χ3v) is 4.14. The summed E-state index contributed by atoms with van der Waals surface area (Å²) in [7, 11) is 0. The van der Waals surface area contributed by atoms with Crippen LogP contribution in [0.25, 0.3) is 0 Å². The van der Waals surface area contributed by atoms with E-state index < -0.39 is 17.2 Å². The Bertz CT molecular complexity index is 521. The van der Waals surface area contributed by atoms with Crippen molar-refractivity contribution in [1.29, 1.82) is 0 Å². The van der Waals surface area contributed by atoms with E-state index in [-0.39, 0.29) is 0 Å². The maximum Gasteiger partial charge on any atom is 0.227 e. The van der Waals surface area contributed by atoms with Gasteiger partial charge in [-0.05, 0) is 0 Å². The number of fused-ring (bicyclic) bond motifs is 3. The molecular weight excluding hydrogens is 224 g/mol. The Labute approximate surface area is 97.5 Å². The fourth-order valence-corrected chi connectivity index (χ4v) is 2.83. The quantitative estimate of drug-likeness (QED) is 0.464. The van der Waals surface area contributed by atoms with E-state index in [1.165, 1.54) is 0 Å². The average molecular weight is 238 g/mol. The minimum Gasteiger partial charge on any atom is -0.622 e. The number of hydrogen-bond acceptors (Lipinski definition) is 6. The molecule has 1 aliphatic carbocycles. The van der Waals surface area contributed by atoms with E-state index in [1.54, 1.807) is 13.8 Å². The van der Waals surface area contributed by atoms with Crippen LogP contribution in [0.3, 0.4) is 0 Å². The summed E-state index contributed by atoms with van der Waals surface area (Å²) in [6, 6.07) is 0. The molecule has 1 aromatic rings. The molecule has 3 rings (SSSR count). The van der Waals surface area contributed by atoms with E-state index in [9.17, 15) is 10.3 Å². The van der Waals surface area contributed by atoms with Crippen LogP contribution in [-0.4, -0.2) is 31.5 Å². The molecule has 0 bridgehead atoms. The zero-order valence-electron chi connectivity index (χ0n) is 9.67. The highest BCUT2D eigenvalue weighted by atomic mass is 16.6. The Kier molecular flexibility index (Phi) is 1.79. The molecule has 0 radical (unpaired) electrons. The van der Waals surface area contributed by atoms with E-state index in [0.717, 1.165) is 4.74 Å². The van der Waals surface area contributed by atoms with Crippen LogP contribution in [0.5, 0.6) is 0 Å². The largest absolute Gasteiger partial charge is 0.622 e. The summed E-state index contributed by atoms with van der Waals surface area (Å²) in [5.74, 6) is -0.478. The molecule has 7 heteroatoms. The van der Waals surface area contributed by atoms with Crippen molar-refractivity contribution < 1.29 is 14.5 Å². The number of aromatic nitrogens is 2. The highest BCUT2D eigenvalue weighted by molar-refractivity contribution is 5.92. The van der Waals surface area contributed by atoms with Crippen molar-refractivity contribution in [2.45, 2.75) is 38.0 Å². The highest BCUT2D eigenvalue weighted by Crippen LogP contribution is 2.46. The predicted molar refractivity (Wildman–Crippen MR) is 56.9 cm³/mol. The molecule has 0 saturated carbocycles. The van der Waals surface area contributed by atoms with E-state index in [1.807, 2.05) is 0 Å². The van der Waals surface area contributed by atoms with E-state index in [4.69, 9.17) is 5.73 Å². The highest BCUT2D eigenvalue weighted by Gasteiger charge is 2.65.